The Morgan fingerprint density at radius 1 is 1.09 bits per heavy atom. The minimum atomic E-state index is -0.365. The van der Waals surface area contributed by atoms with Crippen LogP contribution in [0.3, 0.4) is 0 Å². The van der Waals surface area contributed by atoms with Crippen LogP contribution in [0.5, 0.6) is 0 Å². The Labute approximate surface area is 131 Å². The lowest BCUT2D eigenvalue weighted by Crippen LogP contribution is -2.38. The lowest BCUT2D eigenvalue weighted by Gasteiger charge is -2.05. The van der Waals surface area contributed by atoms with Gasteiger partial charge in [0.25, 0.3) is 5.91 Å². The Balaban J connectivity index is 2.27. The number of unbranched alkanes of at least 4 members (excludes halogenated alkanes) is 4. The molecule has 0 spiro atoms. The standard InChI is InChI=1S/C16H24N4O2/c1-2-3-4-5-9-12-14(21)19-20-16(17)18-15(22)13-10-7-6-8-11-13/h6-8,10-11H,2-5,9,12H2,1H3,(H,19,21)(H3,17,18,20,22). The molecule has 0 atom stereocenters. The van der Waals surface area contributed by atoms with E-state index in [-0.39, 0.29) is 17.8 Å². The molecule has 2 amide bonds. The zero-order valence-electron chi connectivity index (χ0n) is 13.0. The molecule has 22 heavy (non-hydrogen) atoms. The van der Waals surface area contributed by atoms with Gasteiger partial charge in [0.05, 0.1) is 0 Å². The topological polar surface area (TPSA) is 96.6 Å². The van der Waals surface area contributed by atoms with Crippen molar-refractivity contribution in [3.8, 4) is 0 Å². The average Bonchev–Trinajstić information content (AvgIpc) is 2.53. The first-order valence-corrected chi connectivity index (χ1v) is 7.62. The number of hydrogen-bond donors (Lipinski definition) is 3. The molecule has 4 N–H and O–H groups in total. The molecule has 1 aromatic rings. The lowest BCUT2D eigenvalue weighted by atomic mass is 10.1. The molecule has 0 radical (unpaired) electrons. The fourth-order valence-corrected chi connectivity index (χ4v) is 1.87. The summed E-state index contributed by atoms with van der Waals surface area (Å²) in [6, 6.07) is 8.65. The van der Waals surface area contributed by atoms with Gasteiger partial charge >= 0.3 is 0 Å². The van der Waals surface area contributed by atoms with Crippen molar-refractivity contribution >= 4 is 17.8 Å². The molecular formula is C16H24N4O2. The lowest BCUT2D eigenvalue weighted by molar-refractivity contribution is -0.121. The summed E-state index contributed by atoms with van der Waals surface area (Å²) in [6.45, 7) is 2.15. The number of rotatable bonds is 8. The number of nitrogens with one attached hydrogen (secondary N) is 2. The van der Waals surface area contributed by atoms with Crippen LogP contribution in [0.15, 0.2) is 35.4 Å². The first kappa shape index (κ1) is 17.7. The maximum absolute atomic E-state index is 11.8. The highest BCUT2D eigenvalue weighted by molar-refractivity contribution is 6.05. The monoisotopic (exact) mass is 304 g/mol. The summed E-state index contributed by atoms with van der Waals surface area (Å²) in [5.74, 6) is -0.697. The summed E-state index contributed by atoms with van der Waals surface area (Å²) < 4.78 is 0. The van der Waals surface area contributed by atoms with Crippen LogP contribution in [-0.4, -0.2) is 17.8 Å². The first-order chi connectivity index (χ1) is 10.6. The van der Waals surface area contributed by atoms with E-state index in [1.54, 1.807) is 24.3 Å². The van der Waals surface area contributed by atoms with E-state index in [0.29, 0.717) is 12.0 Å². The summed E-state index contributed by atoms with van der Waals surface area (Å²) in [4.78, 5) is 23.3. The van der Waals surface area contributed by atoms with Gasteiger partial charge < -0.3 is 5.73 Å². The molecule has 1 rings (SSSR count). The zero-order valence-corrected chi connectivity index (χ0v) is 13.0. The van der Waals surface area contributed by atoms with Crippen LogP contribution >= 0.6 is 0 Å². The third kappa shape index (κ3) is 7.42. The smallest absolute Gasteiger partial charge is 0.257 e. The number of carbonyl (C=O) groups excluding carboxylic acids is 2. The second kappa shape index (κ2) is 10.4. The van der Waals surface area contributed by atoms with E-state index in [1.807, 2.05) is 6.07 Å². The zero-order chi connectivity index (χ0) is 16.2. The fraction of sp³-hybridized carbons (Fsp3) is 0.438. The van der Waals surface area contributed by atoms with Gasteiger partial charge in [0, 0.05) is 12.0 Å². The maximum atomic E-state index is 11.8. The molecule has 0 aromatic heterocycles. The molecule has 6 heteroatoms. The minimum absolute atomic E-state index is 0.131. The minimum Gasteiger partial charge on any atom is -0.368 e. The Hall–Kier alpha value is -2.37. The van der Waals surface area contributed by atoms with Crippen molar-refractivity contribution in [2.75, 3.05) is 0 Å². The fourth-order valence-electron chi connectivity index (χ4n) is 1.87. The number of nitrogens with zero attached hydrogens (tertiary/aromatic N) is 1. The quantitative estimate of drug-likeness (QED) is 0.297. The van der Waals surface area contributed by atoms with Gasteiger partial charge in [0.15, 0.2) is 0 Å². The second-order valence-corrected chi connectivity index (χ2v) is 5.02. The average molecular weight is 304 g/mol. The van der Waals surface area contributed by atoms with Gasteiger partial charge in [-0.05, 0) is 18.6 Å². The van der Waals surface area contributed by atoms with Crippen LogP contribution in [0.1, 0.15) is 55.8 Å². The van der Waals surface area contributed by atoms with Crippen LogP contribution < -0.4 is 16.5 Å². The predicted octanol–water partition coefficient (Wildman–Crippen LogP) is 2.12. The van der Waals surface area contributed by atoms with Crippen molar-refractivity contribution in [3.63, 3.8) is 0 Å². The van der Waals surface area contributed by atoms with E-state index in [4.69, 9.17) is 5.73 Å². The highest BCUT2D eigenvalue weighted by Gasteiger charge is 2.06. The normalized spacial score (nSPS) is 11.0. The van der Waals surface area contributed by atoms with Crippen molar-refractivity contribution in [1.29, 1.82) is 0 Å². The molecule has 0 bridgehead atoms. The Morgan fingerprint density at radius 3 is 2.45 bits per heavy atom. The molecule has 0 heterocycles. The molecule has 120 valence electrons. The van der Waals surface area contributed by atoms with Gasteiger partial charge in [-0.2, -0.15) is 0 Å². The molecule has 0 saturated carbocycles. The number of benzene rings is 1. The highest BCUT2D eigenvalue weighted by atomic mass is 16.2. The van der Waals surface area contributed by atoms with E-state index in [0.717, 1.165) is 19.3 Å². The van der Waals surface area contributed by atoms with Crippen molar-refractivity contribution < 1.29 is 9.59 Å². The third-order valence-corrected chi connectivity index (χ3v) is 3.09. The molecule has 0 aliphatic carbocycles. The highest BCUT2D eigenvalue weighted by Crippen LogP contribution is 2.04. The van der Waals surface area contributed by atoms with E-state index in [9.17, 15) is 9.59 Å². The van der Waals surface area contributed by atoms with E-state index >= 15 is 0 Å². The Morgan fingerprint density at radius 2 is 1.77 bits per heavy atom. The number of guanidine groups is 1. The summed E-state index contributed by atoms with van der Waals surface area (Å²) >= 11 is 0. The molecule has 0 fully saturated rings. The number of hydrazone groups is 1. The van der Waals surface area contributed by atoms with Crippen molar-refractivity contribution in [1.82, 2.24) is 10.7 Å². The van der Waals surface area contributed by atoms with Crippen LogP contribution in [0.25, 0.3) is 0 Å². The summed E-state index contributed by atoms with van der Waals surface area (Å²) in [6.07, 6.45) is 5.78. The Bertz CT molecular complexity index is 500. The third-order valence-electron chi connectivity index (χ3n) is 3.09. The summed E-state index contributed by atoms with van der Waals surface area (Å²) in [7, 11) is 0. The van der Waals surface area contributed by atoms with Crippen molar-refractivity contribution in [3.05, 3.63) is 35.9 Å². The van der Waals surface area contributed by atoms with E-state index in [1.165, 1.54) is 12.8 Å². The number of carbonyl (C=O) groups is 2. The largest absolute Gasteiger partial charge is 0.368 e. The molecule has 6 nitrogen and oxygen atoms in total. The van der Waals surface area contributed by atoms with Crippen molar-refractivity contribution in [2.45, 2.75) is 45.4 Å². The number of amides is 2. The van der Waals surface area contributed by atoms with Crippen LogP contribution in [0, 0.1) is 0 Å². The van der Waals surface area contributed by atoms with Crippen LogP contribution in [0.4, 0.5) is 0 Å². The molecule has 0 aliphatic heterocycles. The van der Waals surface area contributed by atoms with Gasteiger partial charge in [-0.1, -0.05) is 50.8 Å². The van der Waals surface area contributed by atoms with Gasteiger partial charge in [-0.25, -0.2) is 5.43 Å². The summed E-state index contributed by atoms with van der Waals surface area (Å²) in [5.41, 5.74) is 8.37. The molecule has 0 aliphatic rings. The van der Waals surface area contributed by atoms with Gasteiger partial charge in [0.2, 0.25) is 11.9 Å². The second-order valence-electron chi connectivity index (χ2n) is 5.02. The molecular weight excluding hydrogens is 280 g/mol. The molecule has 0 saturated heterocycles. The van der Waals surface area contributed by atoms with Gasteiger partial charge in [0.1, 0.15) is 0 Å². The Kier molecular flexibility index (Phi) is 8.33. The summed E-state index contributed by atoms with van der Waals surface area (Å²) in [5, 5.41) is 6.08. The van der Waals surface area contributed by atoms with Crippen molar-refractivity contribution in [2.24, 2.45) is 10.8 Å². The van der Waals surface area contributed by atoms with Gasteiger partial charge in [-0.3, -0.25) is 14.9 Å². The van der Waals surface area contributed by atoms with E-state index < -0.39 is 0 Å². The molecule has 0 unspecified atom stereocenters. The van der Waals surface area contributed by atoms with Gasteiger partial charge in [-0.15, -0.1) is 5.10 Å². The maximum Gasteiger partial charge on any atom is 0.257 e. The number of hydrogen-bond acceptors (Lipinski definition) is 3. The van der Waals surface area contributed by atoms with E-state index in [2.05, 4.69) is 22.8 Å². The number of nitrogens with two attached hydrogens (primary N) is 1. The molecule has 1 aromatic carbocycles. The SMILES string of the molecule is CCCCCCCC(=O)N/N=C(\N)NC(=O)c1ccccc1. The predicted molar refractivity (Wildman–Crippen MR) is 87.0 cm³/mol. The van der Waals surface area contributed by atoms with Crippen LogP contribution in [0.2, 0.25) is 0 Å². The first-order valence-electron chi connectivity index (χ1n) is 7.62. The van der Waals surface area contributed by atoms with Crippen LogP contribution in [-0.2, 0) is 4.79 Å².